The molecule has 2 heterocycles. The summed E-state index contributed by atoms with van der Waals surface area (Å²) >= 11 is 1.39. The number of benzene rings is 2. The molecule has 2 aromatic rings. The van der Waals surface area contributed by atoms with E-state index in [1.165, 1.54) is 17.3 Å². The summed E-state index contributed by atoms with van der Waals surface area (Å²) in [6.45, 7) is 14.1. The maximum absolute atomic E-state index is 13.9. The molecule has 2 aliphatic rings. The van der Waals surface area contributed by atoms with Crippen LogP contribution in [0, 0.1) is 0 Å². The van der Waals surface area contributed by atoms with Crippen LogP contribution in [0.15, 0.2) is 65.2 Å². The molecule has 2 atom stereocenters. The average Bonchev–Trinajstić information content (AvgIpc) is 3.20. The minimum atomic E-state index is -0.599. The quantitative estimate of drug-likeness (QED) is 0.225. The van der Waals surface area contributed by atoms with E-state index in [1.54, 1.807) is 30.0 Å². The van der Waals surface area contributed by atoms with E-state index >= 15 is 0 Å². The number of phenols is 1. The minimum absolute atomic E-state index is 0.0761. The lowest BCUT2D eigenvalue weighted by molar-refractivity contribution is -0.140. The smallest absolute Gasteiger partial charge is 0.338 e. The van der Waals surface area contributed by atoms with Crippen molar-refractivity contribution in [3.05, 3.63) is 87.5 Å². The summed E-state index contributed by atoms with van der Waals surface area (Å²) in [5.41, 5.74) is 4.14. The fourth-order valence-electron chi connectivity index (χ4n) is 4.88. The number of amides is 1. The summed E-state index contributed by atoms with van der Waals surface area (Å²) in [4.78, 5) is 29.3. The van der Waals surface area contributed by atoms with Crippen molar-refractivity contribution in [1.82, 2.24) is 10.2 Å². The Bertz CT molecular complexity index is 1330. The third kappa shape index (κ3) is 5.71. The van der Waals surface area contributed by atoms with Gasteiger partial charge in [0.05, 0.1) is 29.7 Å². The summed E-state index contributed by atoms with van der Waals surface area (Å²) < 4.78 is 11.1. The highest BCUT2D eigenvalue weighted by Crippen LogP contribution is 2.47. The number of hydrogen-bond donors (Lipinski definition) is 2. The zero-order chi connectivity index (χ0) is 28.3. The molecule has 4 rings (SSSR count). The van der Waals surface area contributed by atoms with Crippen molar-refractivity contribution in [2.24, 2.45) is 0 Å². The predicted molar refractivity (Wildman–Crippen MR) is 155 cm³/mol. The van der Waals surface area contributed by atoms with Crippen LogP contribution in [0.4, 0.5) is 0 Å². The molecule has 0 saturated carbocycles. The Morgan fingerprint density at radius 2 is 1.92 bits per heavy atom. The first-order valence-corrected chi connectivity index (χ1v) is 14.1. The molecule has 0 bridgehead atoms. The van der Waals surface area contributed by atoms with Crippen LogP contribution in [0.2, 0.25) is 0 Å². The van der Waals surface area contributed by atoms with Gasteiger partial charge in [-0.3, -0.25) is 9.69 Å². The molecule has 0 radical (unpaired) electrons. The lowest BCUT2D eigenvalue weighted by Gasteiger charge is -2.39. The van der Waals surface area contributed by atoms with E-state index in [0.29, 0.717) is 46.4 Å². The fraction of sp³-hybridized carbons (Fsp3) is 0.355. The van der Waals surface area contributed by atoms with Crippen molar-refractivity contribution in [3.8, 4) is 11.5 Å². The number of carbonyl (C=O) groups is 2. The number of nitrogens with zero attached hydrogens (tertiary/aromatic N) is 1. The average molecular weight is 549 g/mol. The molecule has 39 heavy (non-hydrogen) atoms. The molecule has 2 N–H and O–H groups in total. The van der Waals surface area contributed by atoms with E-state index in [2.05, 4.69) is 25.7 Å². The topological polar surface area (TPSA) is 88.1 Å². The summed E-state index contributed by atoms with van der Waals surface area (Å²) in [7, 11) is 0. The lowest BCUT2D eigenvalue weighted by Crippen LogP contribution is -2.49. The summed E-state index contributed by atoms with van der Waals surface area (Å²) in [5, 5.41) is 13.9. The maximum Gasteiger partial charge on any atom is 0.338 e. The van der Waals surface area contributed by atoms with E-state index in [1.807, 2.05) is 44.2 Å². The van der Waals surface area contributed by atoms with Crippen LogP contribution in [-0.2, 0) is 20.7 Å². The highest BCUT2D eigenvalue weighted by Gasteiger charge is 2.47. The van der Waals surface area contributed by atoms with Crippen LogP contribution < -0.4 is 10.1 Å². The molecular formula is C31H36N2O5S. The van der Waals surface area contributed by atoms with Gasteiger partial charge >= 0.3 is 5.97 Å². The first-order chi connectivity index (χ1) is 18.7. The van der Waals surface area contributed by atoms with Crippen molar-refractivity contribution in [2.45, 2.75) is 58.5 Å². The normalized spacial score (nSPS) is 19.8. The van der Waals surface area contributed by atoms with Gasteiger partial charge in [-0.2, -0.15) is 0 Å². The van der Waals surface area contributed by atoms with Crippen LogP contribution in [0.25, 0.3) is 6.08 Å². The number of phenolic OH excluding ortho intramolecular Hbond substituents is 1. The molecule has 2 aromatic carbocycles. The van der Waals surface area contributed by atoms with Crippen LogP contribution in [-0.4, -0.2) is 40.6 Å². The molecule has 7 nitrogen and oxygen atoms in total. The number of esters is 1. The van der Waals surface area contributed by atoms with Crippen LogP contribution in [0.1, 0.15) is 68.8 Å². The Kier molecular flexibility index (Phi) is 8.75. The highest BCUT2D eigenvalue weighted by atomic mass is 32.2. The SMILES string of the molecule is C=CCc1cc(/C=C2\S[C@H]3NC(C)=C(C(=O)OCC)[C@H](c4ccc(C(C)C)cc4)N3C2=O)cc(OCC)c1O. The van der Waals surface area contributed by atoms with Gasteiger partial charge in [-0.05, 0) is 68.0 Å². The van der Waals surface area contributed by atoms with Gasteiger partial charge in [-0.25, -0.2) is 4.79 Å². The van der Waals surface area contributed by atoms with Gasteiger partial charge in [-0.1, -0.05) is 56.0 Å². The van der Waals surface area contributed by atoms with E-state index in [4.69, 9.17) is 9.47 Å². The van der Waals surface area contributed by atoms with Gasteiger partial charge in [0.15, 0.2) is 17.0 Å². The number of rotatable bonds is 9. The molecular weight excluding hydrogens is 512 g/mol. The van der Waals surface area contributed by atoms with Gasteiger partial charge < -0.3 is 19.9 Å². The molecule has 206 valence electrons. The number of hydrogen-bond acceptors (Lipinski definition) is 7. The number of allylic oxidation sites excluding steroid dienone is 2. The zero-order valence-electron chi connectivity index (χ0n) is 23.1. The maximum atomic E-state index is 13.9. The first kappa shape index (κ1) is 28.4. The molecule has 0 aromatic heterocycles. The summed E-state index contributed by atoms with van der Waals surface area (Å²) in [6.07, 6.45) is 3.97. The van der Waals surface area contributed by atoms with Crippen molar-refractivity contribution in [1.29, 1.82) is 0 Å². The molecule has 1 saturated heterocycles. The van der Waals surface area contributed by atoms with Crippen LogP contribution in [0.5, 0.6) is 11.5 Å². The fourth-order valence-corrected chi connectivity index (χ4v) is 6.10. The van der Waals surface area contributed by atoms with E-state index in [9.17, 15) is 14.7 Å². The second-order valence-corrected chi connectivity index (χ2v) is 10.9. The first-order valence-electron chi connectivity index (χ1n) is 13.2. The van der Waals surface area contributed by atoms with Gasteiger partial charge in [-0.15, -0.1) is 6.58 Å². The van der Waals surface area contributed by atoms with Crippen LogP contribution >= 0.6 is 11.8 Å². The molecule has 0 aliphatic carbocycles. The third-order valence-electron chi connectivity index (χ3n) is 6.78. The predicted octanol–water partition coefficient (Wildman–Crippen LogP) is 6.02. The number of thioether (sulfide) groups is 1. The minimum Gasteiger partial charge on any atom is -0.504 e. The van der Waals surface area contributed by atoms with Gasteiger partial charge in [0.25, 0.3) is 5.91 Å². The summed E-state index contributed by atoms with van der Waals surface area (Å²) in [5.74, 6) is 0.162. The van der Waals surface area contributed by atoms with Gasteiger partial charge in [0, 0.05) is 11.3 Å². The molecule has 8 heteroatoms. The number of ether oxygens (including phenoxy) is 2. The van der Waals surface area contributed by atoms with Gasteiger partial charge in [0.1, 0.15) is 0 Å². The number of nitrogens with one attached hydrogen (secondary N) is 1. The number of aromatic hydroxyl groups is 1. The number of carbonyl (C=O) groups excluding carboxylic acids is 2. The Labute approximate surface area is 234 Å². The summed E-state index contributed by atoms with van der Waals surface area (Å²) in [6, 6.07) is 11.0. The number of fused-ring (bicyclic) bond motifs is 1. The highest BCUT2D eigenvalue weighted by molar-refractivity contribution is 8.05. The molecule has 0 spiro atoms. The molecule has 1 amide bonds. The monoisotopic (exact) mass is 548 g/mol. The lowest BCUT2D eigenvalue weighted by atomic mass is 9.91. The Morgan fingerprint density at radius 1 is 1.21 bits per heavy atom. The second-order valence-electron chi connectivity index (χ2n) is 9.77. The van der Waals surface area contributed by atoms with Crippen LogP contribution in [0.3, 0.4) is 0 Å². The van der Waals surface area contributed by atoms with Crippen molar-refractivity contribution in [2.75, 3.05) is 13.2 Å². The van der Waals surface area contributed by atoms with Crippen molar-refractivity contribution in [3.63, 3.8) is 0 Å². The van der Waals surface area contributed by atoms with Gasteiger partial charge in [0.2, 0.25) is 0 Å². The van der Waals surface area contributed by atoms with E-state index in [-0.39, 0.29) is 18.3 Å². The molecule has 1 fully saturated rings. The Balaban J connectivity index is 1.77. The largest absolute Gasteiger partial charge is 0.504 e. The Hall–Kier alpha value is -3.65. The standard InChI is InChI=1S/C31H36N2O5S/c1-7-10-23-15-20(16-24(28(23)34)37-8-2)17-25-29(35)33-27(22-13-11-21(12-14-22)18(4)5)26(30(36)38-9-3)19(6)32-31(33)39-25/h7,11-18,27,31-32,34H,1,8-10H2,2-6H3/b25-17-/t27-,31-/m0/s1. The molecule has 0 unspecified atom stereocenters. The second kappa shape index (κ2) is 12.0. The molecule has 2 aliphatic heterocycles. The third-order valence-corrected chi connectivity index (χ3v) is 7.90. The Morgan fingerprint density at radius 3 is 2.54 bits per heavy atom. The van der Waals surface area contributed by atoms with E-state index in [0.717, 1.165) is 11.1 Å². The van der Waals surface area contributed by atoms with Crippen molar-refractivity contribution >= 4 is 29.7 Å². The van der Waals surface area contributed by atoms with E-state index < -0.39 is 17.5 Å². The zero-order valence-corrected chi connectivity index (χ0v) is 23.9. The van der Waals surface area contributed by atoms with Crippen molar-refractivity contribution < 1.29 is 24.2 Å².